The van der Waals surface area contributed by atoms with Crippen molar-refractivity contribution in [3.05, 3.63) is 59.8 Å². The van der Waals surface area contributed by atoms with E-state index in [2.05, 4.69) is 53.5 Å². The highest BCUT2D eigenvalue weighted by Crippen LogP contribution is 2.24. The van der Waals surface area contributed by atoms with Crippen LogP contribution in [0.25, 0.3) is 10.8 Å². The van der Waals surface area contributed by atoms with Crippen molar-refractivity contribution in [3.8, 4) is 0 Å². The van der Waals surface area contributed by atoms with Crippen LogP contribution in [0.3, 0.4) is 0 Å². The van der Waals surface area contributed by atoms with Gasteiger partial charge in [0.1, 0.15) is 0 Å². The van der Waals surface area contributed by atoms with Gasteiger partial charge in [0.2, 0.25) is 23.6 Å². The average Bonchev–Trinajstić information content (AvgIpc) is 2.94. The van der Waals surface area contributed by atoms with Gasteiger partial charge in [-0.05, 0) is 56.1 Å². The van der Waals surface area contributed by atoms with Crippen molar-refractivity contribution < 1.29 is 19.2 Å². The van der Waals surface area contributed by atoms with Gasteiger partial charge in [-0.2, -0.15) is 12.6 Å². The quantitative estimate of drug-likeness (QED) is 0.160. The molecule has 0 saturated carbocycles. The summed E-state index contributed by atoms with van der Waals surface area (Å²) in [6.45, 7) is 11.2. The number of thiol groups is 1. The molecule has 0 unspecified atom stereocenters. The van der Waals surface area contributed by atoms with Crippen molar-refractivity contribution >= 4 is 47.0 Å². The van der Waals surface area contributed by atoms with Crippen molar-refractivity contribution in [1.82, 2.24) is 26.2 Å². The Balaban J connectivity index is 2.01. The first-order valence-electron chi connectivity index (χ1n) is 13.3. The summed E-state index contributed by atoms with van der Waals surface area (Å²) in [4.78, 5) is 51.5. The van der Waals surface area contributed by atoms with E-state index in [1.54, 1.807) is 6.92 Å². The smallest absolute Gasteiger partial charge is 0.248 e. The Morgan fingerprint density at radius 3 is 2.33 bits per heavy atom. The van der Waals surface area contributed by atoms with Gasteiger partial charge in [0, 0.05) is 12.2 Å². The van der Waals surface area contributed by atoms with E-state index < -0.39 is 17.7 Å². The van der Waals surface area contributed by atoms with Crippen molar-refractivity contribution in [2.45, 2.75) is 39.5 Å². The lowest BCUT2D eigenvalue weighted by Crippen LogP contribution is -2.47. The normalized spacial score (nSPS) is 11.5. The second-order valence-corrected chi connectivity index (χ2v) is 9.80. The largest absolute Gasteiger partial charge is 0.379 e. The number of rotatable bonds is 16. The lowest BCUT2D eigenvalue weighted by atomic mass is 9.96. The van der Waals surface area contributed by atoms with E-state index >= 15 is 0 Å². The van der Waals surface area contributed by atoms with Crippen molar-refractivity contribution in [3.63, 3.8) is 0 Å². The second-order valence-electron chi connectivity index (χ2n) is 9.49. The summed E-state index contributed by atoms with van der Waals surface area (Å²) in [5, 5.41) is 13.4. The first kappa shape index (κ1) is 31.8. The maximum absolute atomic E-state index is 13.5. The Morgan fingerprint density at radius 1 is 0.923 bits per heavy atom. The van der Waals surface area contributed by atoms with E-state index in [1.165, 1.54) is 4.90 Å². The molecule has 2 rings (SSSR count). The molecule has 0 heterocycles. The second kappa shape index (κ2) is 16.6. The molecule has 0 aliphatic carbocycles. The van der Waals surface area contributed by atoms with Crippen LogP contribution in [0.5, 0.6) is 0 Å². The molecular weight excluding hydrogens is 514 g/mol. The molecule has 0 saturated heterocycles. The van der Waals surface area contributed by atoms with Gasteiger partial charge in [-0.1, -0.05) is 55.5 Å². The van der Waals surface area contributed by atoms with E-state index in [4.69, 9.17) is 0 Å². The number of fused-ring (bicyclic) bond motifs is 1. The first-order chi connectivity index (χ1) is 18.7. The maximum atomic E-state index is 13.5. The number of amides is 4. The van der Waals surface area contributed by atoms with Crippen LogP contribution in [0.15, 0.2) is 48.7 Å². The SMILES string of the molecule is C=C(CNC(=O)CS)NCC(=O)NCC(=O)N(CCCNCCC)C(=O)[C@@H](C)c1ccc2cc(C)ccc2c1. The zero-order valence-corrected chi connectivity index (χ0v) is 24.0. The number of imide groups is 1. The number of carbonyl (C=O) groups is 4. The summed E-state index contributed by atoms with van der Waals surface area (Å²) in [5.74, 6) is -1.93. The van der Waals surface area contributed by atoms with Crippen LogP contribution in [-0.2, 0) is 19.2 Å². The first-order valence-corrected chi connectivity index (χ1v) is 13.9. The van der Waals surface area contributed by atoms with E-state index in [0.29, 0.717) is 18.7 Å². The molecule has 2 aromatic carbocycles. The molecular formula is C29H41N5O4S. The fourth-order valence-corrected chi connectivity index (χ4v) is 4.02. The van der Waals surface area contributed by atoms with Crippen molar-refractivity contribution in [1.29, 1.82) is 0 Å². The minimum absolute atomic E-state index is 0.0545. The van der Waals surface area contributed by atoms with Crippen LogP contribution in [0.2, 0.25) is 0 Å². The summed E-state index contributed by atoms with van der Waals surface area (Å²) in [7, 11) is 0. The van der Waals surface area contributed by atoms with E-state index in [-0.39, 0.29) is 43.7 Å². The molecule has 212 valence electrons. The van der Waals surface area contributed by atoms with Gasteiger partial charge >= 0.3 is 0 Å². The van der Waals surface area contributed by atoms with Crippen molar-refractivity contribution in [2.24, 2.45) is 0 Å². The van der Waals surface area contributed by atoms with Gasteiger partial charge in [0.05, 0.1) is 31.3 Å². The number of hydrogen-bond donors (Lipinski definition) is 5. The molecule has 0 spiro atoms. The van der Waals surface area contributed by atoms with Crippen LogP contribution in [-0.4, -0.2) is 73.6 Å². The molecule has 0 aromatic heterocycles. The molecule has 0 radical (unpaired) electrons. The Bertz CT molecular complexity index is 1170. The van der Waals surface area contributed by atoms with Gasteiger partial charge < -0.3 is 21.3 Å². The van der Waals surface area contributed by atoms with Gasteiger partial charge in [-0.25, -0.2) is 0 Å². The third-order valence-corrected chi connectivity index (χ3v) is 6.48. The van der Waals surface area contributed by atoms with Gasteiger partial charge in [0.25, 0.3) is 0 Å². The van der Waals surface area contributed by atoms with Crippen LogP contribution in [0.4, 0.5) is 0 Å². The minimum atomic E-state index is -0.531. The molecule has 4 amide bonds. The molecule has 0 bridgehead atoms. The highest BCUT2D eigenvalue weighted by Gasteiger charge is 2.27. The fraction of sp³-hybridized carbons (Fsp3) is 0.448. The van der Waals surface area contributed by atoms with Gasteiger partial charge in [0.15, 0.2) is 0 Å². The lowest BCUT2D eigenvalue weighted by molar-refractivity contribution is -0.146. The predicted molar refractivity (Wildman–Crippen MR) is 159 cm³/mol. The molecule has 4 N–H and O–H groups in total. The van der Waals surface area contributed by atoms with Crippen LogP contribution >= 0.6 is 12.6 Å². The predicted octanol–water partition coefficient (Wildman–Crippen LogP) is 2.26. The molecule has 1 atom stereocenters. The number of benzene rings is 2. The Morgan fingerprint density at radius 2 is 1.62 bits per heavy atom. The molecule has 10 heteroatoms. The Labute approximate surface area is 236 Å². The molecule has 0 fully saturated rings. The fourth-order valence-electron chi connectivity index (χ4n) is 3.91. The summed E-state index contributed by atoms with van der Waals surface area (Å²) in [6.07, 6.45) is 1.60. The number of nitrogens with zero attached hydrogens (tertiary/aromatic N) is 1. The molecule has 0 aliphatic heterocycles. The Hall–Kier alpha value is -3.37. The number of hydrogen-bond acceptors (Lipinski definition) is 7. The van der Waals surface area contributed by atoms with E-state index in [9.17, 15) is 19.2 Å². The summed E-state index contributed by atoms with van der Waals surface area (Å²) >= 11 is 3.88. The molecule has 39 heavy (non-hydrogen) atoms. The maximum Gasteiger partial charge on any atom is 0.248 e. The highest BCUT2D eigenvalue weighted by atomic mass is 32.1. The molecule has 0 aliphatic rings. The Kier molecular flexibility index (Phi) is 13.5. The summed E-state index contributed by atoms with van der Waals surface area (Å²) < 4.78 is 0. The van der Waals surface area contributed by atoms with E-state index in [0.717, 1.165) is 34.9 Å². The zero-order valence-electron chi connectivity index (χ0n) is 23.1. The molecule has 9 nitrogen and oxygen atoms in total. The summed E-state index contributed by atoms with van der Waals surface area (Å²) in [5.41, 5.74) is 2.44. The zero-order chi connectivity index (χ0) is 28.8. The average molecular weight is 556 g/mol. The van der Waals surface area contributed by atoms with Crippen molar-refractivity contribution in [2.75, 3.05) is 45.0 Å². The van der Waals surface area contributed by atoms with Gasteiger partial charge in [-0.3, -0.25) is 24.1 Å². The highest BCUT2D eigenvalue weighted by molar-refractivity contribution is 7.81. The molecule has 2 aromatic rings. The standard InChI is InChI=1S/C29H41N5O4S/c1-5-11-30-12-6-13-34(28(37)18-33-26(35)17-31-21(3)16-32-27(36)19-39)29(38)22(4)23-9-10-24-14-20(2)7-8-25(24)15-23/h7-10,14-15,22,30-31,39H,3,5-6,11-13,16-19H2,1-2,4H3,(H,32,36)(H,33,35)/t22-/m0/s1. The summed E-state index contributed by atoms with van der Waals surface area (Å²) in [6, 6.07) is 12.1. The van der Waals surface area contributed by atoms with Crippen LogP contribution in [0.1, 0.15) is 43.7 Å². The topological polar surface area (TPSA) is 120 Å². The van der Waals surface area contributed by atoms with Crippen LogP contribution in [0, 0.1) is 6.92 Å². The van der Waals surface area contributed by atoms with Crippen LogP contribution < -0.4 is 21.3 Å². The lowest BCUT2D eigenvalue weighted by Gasteiger charge is -2.25. The number of carbonyl (C=O) groups excluding carboxylic acids is 4. The monoisotopic (exact) mass is 555 g/mol. The number of nitrogens with one attached hydrogen (secondary N) is 4. The minimum Gasteiger partial charge on any atom is -0.379 e. The van der Waals surface area contributed by atoms with E-state index in [1.807, 2.05) is 37.3 Å². The van der Waals surface area contributed by atoms with Gasteiger partial charge in [-0.15, -0.1) is 0 Å². The third kappa shape index (κ3) is 10.7. The third-order valence-electron chi connectivity index (χ3n) is 6.20. The number of aryl methyl sites for hydroxylation is 1.